The molecule has 4 fully saturated rings. The lowest BCUT2D eigenvalue weighted by Crippen LogP contribution is -2.59. The minimum atomic E-state index is -0.417. The molecule has 31 heavy (non-hydrogen) atoms. The predicted octanol–water partition coefficient (Wildman–Crippen LogP) is 4.16. The molecule has 0 aromatic carbocycles. The van der Waals surface area contributed by atoms with E-state index in [1.165, 1.54) is 6.42 Å². The van der Waals surface area contributed by atoms with Gasteiger partial charge in [0, 0.05) is 0 Å². The lowest BCUT2D eigenvalue weighted by molar-refractivity contribution is -0.180. The molecule has 0 aromatic rings. The van der Waals surface area contributed by atoms with Gasteiger partial charge in [-0.05, 0) is 97.2 Å². The summed E-state index contributed by atoms with van der Waals surface area (Å²) >= 11 is 0. The Kier molecular flexibility index (Phi) is 6.44. The standard InChI is InChI=1S/C27H46O4/c1-15(2)22(29)7-6-16(3)20-14-24(31)25-18-13-23(30)21-12-17(28)8-10-26(21,4)19(18)9-11-27(20,25)5/h6-7,15-25,28-31H,8-14H2,1-5H3/t16-,17?,18-,19+,20-,21?,22?,23?,24?,25-,26-,27-/m1/s1. The van der Waals surface area contributed by atoms with Crippen molar-refractivity contribution in [1.29, 1.82) is 0 Å². The van der Waals surface area contributed by atoms with Crippen molar-refractivity contribution >= 4 is 0 Å². The number of fused-ring (bicyclic) bond motifs is 5. The molecular formula is C27H46O4. The Hall–Kier alpha value is -0.420. The normalized spacial score (nSPS) is 51.9. The van der Waals surface area contributed by atoms with E-state index in [9.17, 15) is 20.4 Å². The number of aliphatic hydroxyl groups excluding tert-OH is 4. The third kappa shape index (κ3) is 3.84. The summed E-state index contributed by atoms with van der Waals surface area (Å²) in [4.78, 5) is 0. The van der Waals surface area contributed by atoms with Crippen LogP contribution in [0, 0.1) is 52.3 Å². The fraction of sp³-hybridized carbons (Fsp3) is 0.926. The van der Waals surface area contributed by atoms with Crippen LogP contribution >= 0.6 is 0 Å². The molecule has 4 heteroatoms. The molecule has 12 atom stereocenters. The molecule has 0 aliphatic heterocycles. The van der Waals surface area contributed by atoms with Crippen molar-refractivity contribution < 1.29 is 20.4 Å². The van der Waals surface area contributed by atoms with E-state index < -0.39 is 6.10 Å². The molecule has 4 saturated carbocycles. The van der Waals surface area contributed by atoms with Crippen LogP contribution in [0.25, 0.3) is 0 Å². The van der Waals surface area contributed by atoms with Gasteiger partial charge in [-0.3, -0.25) is 0 Å². The second-order valence-corrected chi connectivity index (χ2v) is 12.6. The lowest BCUT2D eigenvalue weighted by Gasteiger charge is -2.62. The van der Waals surface area contributed by atoms with Crippen LogP contribution in [0.5, 0.6) is 0 Å². The summed E-state index contributed by atoms with van der Waals surface area (Å²) in [6.07, 6.45) is 9.23. The SMILES string of the molecule is CC(C)C(O)C=C[C@@H](C)[C@H]1CC(O)[C@H]2[C@@H]3CC(O)C4CC(O)CC[C@]4(C)[C@H]3CC[C@]12C. The molecular weight excluding hydrogens is 388 g/mol. The smallest absolute Gasteiger partial charge is 0.0743 e. The number of hydrogen-bond acceptors (Lipinski definition) is 4. The highest BCUT2D eigenvalue weighted by Gasteiger charge is 2.64. The fourth-order valence-corrected chi connectivity index (χ4v) is 8.85. The fourth-order valence-electron chi connectivity index (χ4n) is 8.85. The van der Waals surface area contributed by atoms with Crippen molar-refractivity contribution in [2.45, 2.75) is 104 Å². The molecule has 0 heterocycles. The van der Waals surface area contributed by atoms with Gasteiger partial charge in [-0.15, -0.1) is 0 Å². The molecule has 0 spiro atoms. The highest BCUT2D eigenvalue weighted by molar-refractivity contribution is 5.14. The monoisotopic (exact) mass is 434 g/mol. The van der Waals surface area contributed by atoms with E-state index in [-0.39, 0.29) is 46.9 Å². The molecule has 4 nitrogen and oxygen atoms in total. The van der Waals surface area contributed by atoms with Crippen LogP contribution in [-0.4, -0.2) is 44.8 Å². The van der Waals surface area contributed by atoms with E-state index in [1.807, 2.05) is 19.9 Å². The van der Waals surface area contributed by atoms with E-state index in [1.54, 1.807) is 0 Å². The second-order valence-electron chi connectivity index (χ2n) is 12.6. The number of rotatable bonds is 4. The Bertz CT molecular complexity index is 676. The Labute approximate surface area is 189 Å². The first kappa shape index (κ1) is 23.7. The largest absolute Gasteiger partial charge is 0.393 e. The lowest BCUT2D eigenvalue weighted by atomic mass is 9.43. The van der Waals surface area contributed by atoms with Crippen LogP contribution < -0.4 is 0 Å². The Morgan fingerprint density at radius 2 is 1.48 bits per heavy atom. The first-order chi connectivity index (χ1) is 14.5. The van der Waals surface area contributed by atoms with Crippen LogP contribution in [0.15, 0.2) is 12.2 Å². The average Bonchev–Trinajstić information content (AvgIpc) is 2.98. The van der Waals surface area contributed by atoms with Crippen molar-refractivity contribution in [2.24, 2.45) is 52.3 Å². The highest BCUT2D eigenvalue weighted by Crippen LogP contribution is 2.68. The molecule has 0 radical (unpaired) electrons. The quantitative estimate of drug-likeness (QED) is 0.501. The van der Waals surface area contributed by atoms with Crippen LogP contribution in [-0.2, 0) is 0 Å². The van der Waals surface area contributed by atoms with E-state index in [2.05, 4.69) is 26.8 Å². The van der Waals surface area contributed by atoms with E-state index in [0.29, 0.717) is 23.7 Å². The summed E-state index contributed by atoms with van der Waals surface area (Å²) in [5, 5.41) is 43.0. The Morgan fingerprint density at radius 3 is 2.16 bits per heavy atom. The zero-order valence-electron chi connectivity index (χ0n) is 20.2. The molecule has 4 N–H and O–H groups in total. The van der Waals surface area contributed by atoms with Gasteiger partial charge in [0.2, 0.25) is 0 Å². The van der Waals surface area contributed by atoms with Gasteiger partial charge in [0.25, 0.3) is 0 Å². The van der Waals surface area contributed by atoms with Gasteiger partial charge in [0.05, 0.1) is 24.4 Å². The van der Waals surface area contributed by atoms with Crippen molar-refractivity contribution in [3.8, 4) is 0 Å². The summed E-state index contributed by atoms with van der Waals surface area (Å²) in [5.74, 6) is 2.26. The van der Waals surface area contributed by atoms with Gasteiger partial charge < -0.3 is 20.4 Å². The summed E-state index contributed by atoms with van der Waals surface area (Å²) in [7, 11) is 0. The minimum Gasteiger partial charge on any atom is -0.393 e. The molecule has 0 bridgehead atoms. The summed E-state index contributed by atoms with van der Waals surface area (Å²) in [6.45, 7) is 11.1. The Balaban J connectivity index is 1.58. The van der Waals surface area contributed by atoms with Crippen LogP contribution in [0.2, 0.25) is 0 Å². The molecule has 0 saturated heterocycles. The van der Waals surface area contributed by atoms with Crippen molar-refractivity contribution in [1.82, 2.24) is 0 Å². The molecule has 178 valence electrons. The van der Waals surface area contributed by atoms with Gasteiger partial charge in [0.15, 0.2) is 0 Å². The third-order valence-electron chi connectivity index (χ3n) is 10.6. The van der Waals surface area contributed by atoms with Crippen LogP contribution in [0.3, 0.4) is 0 Å². The molecule has 0 aromatic heterocycles. The summed E-state index contributed by atoms with van der Waals surface area (Å²) < 4.78 is 0. The van der Waals surface area contributed by atoms with Crippen molar-refractivity contribution in [2.75, 3.05) is 0 Å². The van der Waals surface area contributed by atoms with E-state index in [4.69, 9.17) is 0 Å². The maximum Gasteiger partial charge on any atom is 0.0743 e. The van der Waals surface area contributed by atoms with Gasteiger partial charge in [0.1, 0.15) is 0 Å². The number of aliphatic hydroxyl groups is 4. The topological polar surface area (TPSA) is 80.9 Å². The zero-order chi connectivity index (χ0) is 22.7. The predicted molar refractivity (Wildman–Crippen MR) is 123 cm³/mol. The first-order valence-electron chi connectivity index (χ1n) is 12.9. The molecule has 0 amide bonds. The van der Waals surface area contributed by atoms with Gasteiger partial charge in [-0.25, -0.2) is 0 Å². The summed E-state index contributed by atoms with van der Waals surface area (Å²) in [5.41, 5.74) is 0.151. The molecule has 5 unspecified atom stereocenters. The highest BCUT2D eigenvalue weighted by atomic mass is 16.3. The number of allylic oxidation sites excluding steroid dienone is 1. The van der Waals surface area contributed by atoms with Gasteiger partial charge >= 0.3 is 0 Å². The summed E-state index contributed by atoms with van der Waals surface area (Å²) in [6, 6.07) is 0. The van der Waals surface area contributed by atoms with E-state index in [0.717, 1.165) is 38.5 Å². The Morgan fingerprint density at radius 1 is 0.806 bits per heavy atom. The van der Waals surface area contributed by atoms with Gasteiger partial charge in [-0.1, -0.05) is 46.8 Å². The number of hydrogen-bond donors (Lipinski definition) is 4. The molecule has 4 aliphatic carbocycles. The molecule has 4 aliphatic rings. The third-order valence-corrected chi connectivity index (χ3v) is 10.6. The van der Waals surface area contributed by atoms with Gasteiger partial charge in [-0.2, -0.15) is 0 Å². The van der Waals surface area contributed by atoms with Crippen LogP contribution in [0.1, 0.15) is 79.6 Å². The average molecular weight is 435 g/mol. The first-order valence-corrected chi connectivity index (χ1v) is 12.9. The van der Waals surface area contributed by atoms with E-state index >= 15 is 0 Å². The molecule has 4 rings (SSSR count). The minimum absolute atomic E-state index is 0.0736. The second kappa shape index (κ2) is 8.42. The zero-order valence-corrected chi connectivity index (χ0v) is 20.2. The maximum atomic E-state index is 11.3. The van der Waals surface area contributed by atoms with Crippen molar-refractivity contribution in [3.05, 3.63) is 12.2 Å². The van der Waals surface area contributed by atoms with Crippen molar-refractivity contribution in [3.63, 3.8) is 0 Å². The maximum absolute atomic E-state index is 11.3. The van der Waals surface area contributed by atoms with Crippen LogP contribution in [0.4, 0.5) is 0 Å².